The van der Waals surface area contributed by atoms with Crippen LogP contribution >= 0.6 is 22.6 Å². The summed E-state index contributed by atoms with van der Waals surface area (Å²) < 4.78 is 11.8. The van der Waals surface area contributed by atoms with Crippen molar-refractivity contribution in [3.8, 4) is 23.0 Å². The topological polar surface area (TPSA) is 114 Å². The average molecular weight is 514 g/mol. The van der Waals surface area contributed by atoms with E-state index in [1.807, 2.05) is 24.3 Å². The summed E-state index contributed by atoms with van der Waals surface area (Å²) in [5.41, 5.74) is 2.40. The molecule has 0 radical (unpaired) electrons. The number of hydrogen-bond acceptors (Lipinski definition) is 7. The summed E-state index contributed by atoms with van der Waals surface area (Å²) in [6, 6.07) is 15.2. The minimum Gasteiger partial charge on any atom is -0.870 e. The Balaban J connectivity index is 1.68. The first-order valence-corrected chi connectivity index (χ1v) is 9.76. The minimum absolute atomic E-state index is 0.0563. The molecule has 0 saturated heterocycles. The predicted octanol–water partition coefficient (Wildman–Crippen LogP) is 4.84. The average Bonchev–Trinajstić information content (AvgIpc) is 3.16. The van der Waals surface area contributed by atoms with E-state index in [1.54, 1.807) is 18.2 Å². The molecule has 30 heavy (non-hydrogen) atoms. The molecule has 0 atom stereocenters. The molecule has 0 unspecified atom stereocenters. The SMILES string of the molecule is COc1cc([N+](=O)[O-])cc(C=Nc2ccc3oc(-c4cccc(I)c4)nc3c2)c1[O-]. The summed E-state index contributed by atoms with van der Waals surface area (Å²) in [5, 5.41) is 23.4. The second kappa shape index (κ2) is 8.11. The summed E-state index contributed by atoms with van der Waals surface area (Å²) in [5.74, 6) is -0.0926. The van der Waals surface area contributed by atoms with Crippen LogP contribution in [-0.4, -0.2) is 23.2 Å². The Bertz CT molecular complexity index is 1300. The van der Waals surface area contributed by atoms with E-state index in [1.165, 1.54) is 13.3 Å². The number of aliphatic imine (C=N–C) groups is 1. The van der Waals surface area contributed by atoms with Crippen LogP contribution in [0.3, 0.4) is 0 Å². The Morgan fingerprint density at radius 1 is 1.20 bits per heavy atom. The monoisotopic (exact) mass is 514 g/mol. The van der Waals surface area contributed by atoms with E-state index in [9.17, 15) is 15.2 Å². The molecule has 1 aromatic heterocycles. The summed E-state index contributed by atoms with van der Waals surface area (Å²) in [7, 11) is 1.28. The lowest BCUT2D eigenvalue weighted by atomic mass is 10.1. The third kappa shape index (κ3) is 3.96. The third-order valence-corrected chi connectivity index (χ3v) is 4.97. The molecule has 0 amide bonds. The number of fused-ring (bicyclic) bond motifs is 1. The molecule has 8 nitrogen and oxygen atoms in total. The lowest BCUT2D eigenvalue weighted by Crippen LogP contribution is -2.02. The van der Waals surface area contributed by atoms with E-state index in [-0.39, 0.29) is 17.0 Å². The van der Waals surface area contributed by atoms with Gasteiger partial charge >= 0.3 is 0 Å². The van der Waals surface area contributed by atoms with Gasteiger partial charge in [-0.3, -0.25) is 15.1 Å². The van der Waals surface area contributed by atoms with E-state index in [0.717, 1.165) is 21.3 Å². The molecule has 0 N–H and O–H groups in total. The van der Waals surface area contributed by atoms with Crippen molar-refractivity contribution in [1.29, 1.82) is 0 Å². The molecule has 3 aromatic carbocycles. The molecule has 4 rings (SSSR count). The van der Waals surface area contributed by atoms with E-state index >= 15 is 0 Å². The quantitative estimate of drug-likeness (QED) is 0.163. The highest BCUT2D eigenvalue weighted by molar-refractivity contribution is 14.1. The largest absolute Gasteiger partial charge is 0.870 e. The minimum atomic E-state index is -0.590. The Morgan fingerprint density at radius 3 is 2.77 bits per heavy atom. The van der Waals surface area contributed by atoms with Crippen molar-refractivity contribution >= 4 is 51.3 Å². The van der Waals surface area contributed by atoms with Crippen molar-refractivity contribution in [3.05, 3.63) is 73.8 Å². The maximum absolute atomic E-state index is 12.3. The molecule has 150 valence electrons. The number of non-ortho nitro benzene ring substituents is 1. The van der Waals surface area contributed by atoms with Gasteiger partial charge < -0.3 is 14.3 Å². The maximum atomic E-state index is 12.3. The number of benzene rings is 3. The number of aromatic nitrogens is 1. The number of ether oxygens (including phenoxy) is 1. The zero-order chi connectivity index (χ0) is 21.3. The fraction of sp³-hybridized carbons (Fsp3) is 0.0476. The van der Waals surface area contributed by atoms with Gasteiger partial charge in [-0.1, -0.05) is 11.8 Å². The van der Waals surface area contributed by atoms with Gasteiger partial charge in [-0.15, -0.1) is 0 Å². The highest BCUT2D eigenvalue weighted by Crippen LogP contribution is 2.32. The third-order valence-electron chi connectivity index (χ3n) is 4.29. The van der Waals surface area contributed by atoms with E-state index < -0.39 is 10.7 Å². The van der Waals surface area contributed by atoms with Crippen LogP contribution in [0.5, 0.6) is 11.5 Å². The molecule has 0 aliphatic carbocycles. The van der Waals surface area contributed by atoms with Crippen LogP contribution in [0.15, 0.2) is 64.0 Å². The van der Waals surface area contributed by atoms with Crippen LogP contribution in [0.2, 0.25) is 0 Å². The number of nitro benzene ring substituents is 1. The second-order valence-electron chi connectivity index (χ2n) is 6.26. The Labute approximate surface area is 184 Å². The first-order chi connectivity index (χ1) is 14.4. The number of halogens is 1. The van der Waals surface area contributed by atoms with Gasteiger partial charge in [0.15, 0.2) is 5.58 Å². The number of oxazole rings is 1. The smallest absolute Gasteiger partial charge is 0.273 e. The second-order valence-corrected chi connectivity index (χ2v) is 7.51. The zero-order valence-corrected chi connectivity index (χ0v) is 17.7. The van der Waals surface area contributed by atoms with Gasteiger partial charge in [0.05, 0.1) is 23.8 Å². The summed E-state index contributed by atoms with van der Waals surface area (Å²) >= 11 is 2.22. The summed E-state index contributed by atoms with van der Waals surface area (Å²) in [6.45, 7) is 0. The van der Waals surface area contributed by atoms with Crippen LogP contribution in [-0.2, 0) is 0 Å². The first kappa shape index (κ1) is 19.8. The molecular formula is C21H13IN3O5-. The molecule has 0 fully saturated rings. The molecule has 0 saturated carbocycles. The Hall–Kier alpha value is -3.47. The van der Waals surface area contributed by atoms with Crippen molar-refractivity contribution in [1.82, 2.24) is 4.98 Å². The van der Waals surface area contributed by atoms with E-state index in [4.69, 9.17) is 9.15 Å². The van der Waals surface area contributed by atoms with Crippen LogP contribution in [0.25, 0.3) is 22.6 Å². The Morgan fingerprint density at radius 2 is 2.03 bits per heavy atom. The van der Waals surface area contributed by atoms with Gasteiger partial charge in [0.25, 0.3) is 5.69 Å². The van der Waals surface area contributed by atoms with Crippen molar-refractivity contribution in [2.75, 3.05) is 7.11 Å². The molecule has 1 heterocycles. The predicted molar refractivity (Wildman–Crippen MR) is 119 cm³/mol. The molecule has 0 aliphatic heterocycles. The van der Waals surface area contributed by atoms with Gasteiger partial charge in [0.2, 0.25) is 5.89 Å². The lowest BCUT2D eigenvalue weighted by Gasteiger charge is -2.14. The lowest BCUT2D eigenvalue weighted by molar-refractivity contribution is -0.385. The molecular weight excluding hydrogens is 501 g/mol. The molecule has 0 spiro atoms. The van der Waals surface area contributed by atoms with Gasteiger partial charge in [-0.2, -0.15) is 0 Å². The highest BCUT2D eigenvalue weighted by Gasteiger charge is 2.12. The number of methoxy groups -OCH3 is 1. The maximum Gasteiger partial charge on any atom is 0.273 e. The van der Waals surface area contributed by atoms with Gasteiger partial charge in [-0.05, 0) is 64.6 Å². The molecule has 4 aromatic rings. The zero-order valence-electron chi connectivity index (χ0n) is 15.5. The number of hydrogen-bond donors (Lipinski definition) is 0. The van der Waals surface area contributed by atoms with Gasteiger partial charge in [-0.25, -0.2) is 4.98 Å². The number of rotatable bonds is 5. The van der Waals surface area contributed by atoms with Crippen LogP contribution in [0.4, 0.5) is 11.4 Å². The molecule has 0 bridgehead atoms. The van der Waals surface area contributed by atoms with Crippen molar-refractivity contribution in [2.45, 2.75) is 0 Å². The van der Waals surface area contributed by atoms with Crippen LogP contribution < -0.4 is 9.84 Å². The van der Waals surface area contributed by atoms with Gasteiger partial charge in [0.1, 0.15) is 11.3 Å². The van der Waals surface area contributed by atoms with Crippen molar-refractivity contribution in [3.63, 3.8) is 0 Å². The standard InChI is InChI=1S/C21H14IN3O5/c1-29-19-10-16(25(27)28)8-13(20(19)26)11-23-15-5-6-18-17(9-15)24-21(30-18)12-3-2-4-14(22)7-12/h2-11,26H,1H3/p-1. The first-order valence-electron chi connectivity index (χ1n) is 8.68. The van der Waals surface area contributed by atoms with Crippen molar-refractivity contribution in [2.24, 2.45) is 4.99 Å². The fourth-order valence-electron chi connectivity index (χ4n) is 2.85. The Kier molecular flexibility index (Phi) is 5.36. The normalized spacial score (nSPS) is 11.3. The molecule has 0 aliphatic rings. The fourth-order valence-corrected chi connectivity index (χ4v) is 3.39. The number of nitrogens with zero attached hydrogens (tertiary/aromatic N) is 3. The highest BCUT2D eigenvalue weighted by atomic mass is 127. The van der Waals surface area contributed by atoms with E-state index in [0.29, 0.717) is 22.7 Å². The van der Waals surface area contributed by atoms with Gasteiger partial charge in [0, 0.05) is 21.4 Å². The summed E-state index contributed by atoms with van der Waals surface area (Å²) in [4.78, 5) is 19.3. The van der Waals surface area contributed by atoms with E-state index in [2.05, 4.69) is 32.6 Å². The van der Waals surface area contributed by atoms with Crippen molar-refractivity contribution < 1.29 is 19.2 Å². The van der Waals surface area contributed by atoms with Crippen LogP contribution in [0.1, 0.15) is 5.56 Å². The number of nitro groups is 1. The molecule has 9 heteroatoms. The van der Waals surface area contributed by atoms with Crippen LogP contribution in [0, 0.1) is 13.7 Å². The summed E-state index contributed by atoms with van der Waals surface area (Å²) in [6.07, 6.45) is 1.28.